The Hall–Kier alpha value is -2.82. The van der Waals surface area contributed by atoms with Gasteiger partial charge in [0.25, 0.3) is 11.8 Å². The lowest BCUT2D eigenvalue weighted by Crippen LogP contribution is -2.30. The van der Waals surface area contributed by atoms with Gasteiger partial charge in [-0.25, -0.2) is 0 Å². The van der Waals surface area contributed by atoms with Crippen molar-refractivity contribution >= 4 is 17.5 Å². The summed E-state index contributed by atoms with van der Waals surface area (Å²) in [7, 11) is 0. The number of nitrogens with one attached hydrogen (secondary N) is 1. The summed E-state index contributed by atoms with van der Waals surface area (Å²) < 4.78 is 0. The van der Waals surface area contributed by atoms with Crippen LogP contribution in [0.3, 0.4) is 0 Å². The number of rotatable bonds is 7. The highest BCUT2D eigenvalue weighted by Gasteiger charge is 2.13. The van der Waals surface area contributed by atoms with Crippen LogP contribution in [0.1, 0.15) is 40.1 Å². The summed E-state index contributed by atoms with van der Waals surface area (Å²) in [6.07, 6.45) is 0.741. The van der Waals surface area contributed by atoms with Crippen molar-refractivity contribution in [2.45, 2.75) is 20.3 Å². The van der Waals surface area contributed by atoms with E-state index in [2.05, 4.69) is 5.32 Å². The van der Waals surface area contributed by atoms with Crippen molar-refractivity contribution in [1.82, 2.24) is 10.2 Å². The van der Waals surface area contributed by atoms with Gasteiger partial charge in [-0.15, -0.1) is 0 Å². The molecular weight excluding hydrogens is 314 g/mol. The molecule has 0 aliphatic heterocycles. The zero-order valence-electron chi connectivity index (χ0n) is 14.8. The second-order valence-electron chi connectivity index (χ2n) is 5.80. The predicted molar refractivity (Wildman–Crippen MR) is 101 cm³/mol. The first-order chi connectivity index (χ1) is 12.0. The maximum atomic E-state index is 12.3. The van der Waals surface area contributed by atoms with Gasteiger partial charge in [0, 0.05) is 36.4 Å². The summed E-state index contributed by atoms with van der Waals surface area (Å²) in [5.41, 5.74) is 8.65. The lowest BCUT2D eigenvalue weighted by molar-refractivity contribution is 0.0772. The van der Waals surface area contributed by atoms with Crippen molar-refractivity contribution < 1.29 is 9.59 Å². The minimum atomic E-state index is -0.141. The Kier molecular flexibility index (Phi) is 6.57. The summed E-state index contributed by atoms with van der Waals surface area (Å²) in [6, 6.07) is 14.4. The lowest BCUT2D eigenvalue weighted by Gasteiger charge is -2.18. The first-order valence-electron chi connectivity index (χ1n) is 8.57. The van der Waals surface area contributed by atoms with Gasteiger partial charge in [-0.05, 0) is 62.2 Å². The van der Waals surface area contributed by atoms with Crippen molar-refractivity contribution in [3.8, 4) is 0 Å². The zero-order chi connectivity index (χ0) is 18.2. The molecule has 0 radical (unpaired) electrons. The number of nitrogen functional groups attached to an aromatic ring is 1. The molecule has 0 aromatic heterocycles. The van der Waals surface area contributed by atoms with Crippen molar-refractivity contribution in [1.29, 1.82) is 0 Å². The predicted octanol–water partition coefficient (Wildman–Crippen LogP) is 2.72. The Morgan fingerprint density at radius 1 is 0.920 bits per heavy atom. The van der Waals surface area contributed by atoms with Crippen molar-refractivity contribution in [3.05, 3.63) is 65.2 Å². The van der Waals surface area contributed by atoms with Crippen LogP contribution in [0, 0.1) is 0 Å². The van der Waals surface area contributed by atoms with Crippen LogP contribution in [-0.4, -0.2) is 36.3 Å². The van der Waals surface area contributed by atoms with Gasteiger partial charge in [-0.3, -0.25) is 9.59 Å². The number of hydrogen-bond donors (Lipinski definition) is 2. The normalized spacial score (nSPS) is 10.3. The van der Waals surface area contributed by atoms with Crippen LogP contribution in [0.4, 0.5) is 5.69 Å². The standard InChI is InChI=1S/C20H25N3O2/c1-3-23(4-2)20(25)17-9-7-16(8-10-17)19(24)22-14-13-15-5-11-18(21)12-6-15/h5-12H,3-4,13-14,21H2,1-2H3,(H,22,24). The maximum absolute atomic E-state index is 12.3. The first kappa shape index (κ1) is 18.5. The molecule has 0 unspecified atom stereocenters. The quantitative estimate of drug-likeness (QED) is 0.762. The van der Waals surface area contributed by atoms with E-state index < -0.39 is 0 Å². The number of nitrogens with zero attached hydrogens (tertiary/aromatic N) is 1. The number of nitrogens with two attached hydrogens (primary N) is 1. The molecule has 0 aliphatic carbocycles. The summed E-state index contributed by atoms with van der Waals surface area (Å²) in [5, 5.41) is 2.89. The molecule has 0 atom stereocenters. The topological polar surface area (TPSA) is 75.4 Å². The molecule has 5 heteroatoms. The van der Waals surface area contributed by atoms with Crippen LogP contribution >= 0.6 is 0 Å². The van der Waals surface area contributed by atoms with Gasteiger partial charge in [0.15, 0.2) is 0 Å². The molecule has 2 amide bonds. The smallest absolute Gasteiger partial charge is 0.253 e. The van der Waals surface area contributed by atoms with Crippen molar-refractivity contribution in [2.24, 2.45) is 0 Å². The molecule has 0 saturated carbocycles. The Bertz CT molecular complexity index is 705. The number of carbonyl (C=O) groups is 2. The Labute approximate surface area is 148 Å². The summed E-state index contributed by atoms with van der Waals surface area (Å²) >= 11 is 0. The minimum absolute atomic E-state index is 0.0136. The fourth-order valence-electron chi connectivity index (χ4n) is 2.56. The monoisotopic (exact) mass is 339 g/mol. The molecule has 0 heterocycles. The van der Waals surface area contributed by atoms with Crippen LogP contribution in [-0.2, 0) is 6.42 Å². The molecule has 0 spiro atoms. The molecule has 2 rings (SSSR count). The molecular formula is C20H25N3O2. The molecule has 0 aliphatic rings. The Morgan fingerprint density at radius 3 is 2.04 bits per heavy atom. The Morgan fingerprint density at radius 2 is 1.48 bits per heavy atom. The zero-order valence-corrected chi connectivity index (χ0v) is 14.8. The minimum Gasteiger partial charge on any atom is -0.399 e. The van der Waals surface area contributed by atoms with E-state index in [1.807, 2.05) is 38.1 Å². The van der Waals surface area contributed by atoms with E-state index in [9.17, 15) is 9.59 Å². The fourth-order valence-corrected chi connectivity index (χ4v) is 2.56. The van der Waals surface area contributed by atoms with Crippen LogP contribution in [0.2, 0.25) is 0 Å². The number of benzene rings is 2. The summed E-state index contributed by atoms with van der Waals surface area (Å²) in [4.78, 5) is 26.2. The average Bonchev–Trinajstić information content (AvgIpc) is 2.64. The van der Waals surface area contributed by atoms with Gasteiger partial charge < -0.3 is 16.0 Å². The van der Waals surface area contributed by atoms with Crippen LogP contribution in [0.25, 0.3) is 0 Å². The van der Waals surface area contributed by atoms with Gasteiger partial charge in [0.05, 0.1) is 0 Å². The average molecular weight is 339 g/mol. The highest BCUT2D eigenvalue weighted by atomic mass is 16.2. The number of amides is 2. The van der Waals surface area contributed by atoms with Gasteiger partial charge >= 0.3 is 0 Å². The van der Waals surface area contributed by atoms with Gasteiger partial charge in [0.2, 0.25) is 0 Å². The maximum Gasteiger partial charge on any atom is 0.253 e. The molecule has 132 valence electrons. The summed E-state index contributed by atoms with van der Waals surface area (Å²) in [6.45, 7) is 5.78. The summed E-state index contributed by atoms with van der Waals surface area (Å²) in [5.74, 6) is -0.155. The number of hydrogen-bond acceptors (Lipinski definition) is 3. The lowest BCUT2D eigenvalue weighted by atomic mass is 10.1. The van der Waals surface area contributed by atoms with Crippen LogP contribution < -0.4 is 11.1 Å². The first-order valence-corrected chi connectivity index (χ1v) is 8.57. The number of anilines is 1. The van der Waals surface area contributed by atoms with E-state index in [0.29, 0.717) is 30.8 Å². The van der Waals surface area contributed by atoms with E-state index in [0.717, 1.165) is 17.7 Å². The SMILES string of the molecule is CCN(CC)C(=O)c1ccc(C(=O)NCCc2ccc(N)cc2)cc1. The van der Waals surface area contributed by atoms with Crippen molar-refractivity contribution in [3.63, 3.8) is 0 Å². The third-order valence-electron chi connectivity index (χ3n) is 4.12. The third kappa shape index (κ3) is 5.08. The highest BCUT2D eigenvalue weighted by molar-refractivity contribution is 5.97. The molecule has 0 bridgehead atoms. The molecule has 0 fully saturated rings. The van der Waals surface area contributed by atoms with Gasteiger partial charge in [-0.2, -0.15) is 0 Å². The van der Waals surface area contributed by atoms with Crippen LogP contribution in [0.15, 0.2) is 48.5 Å². The molecule has 5 nitrogen and oxygen atoms in total. The molecule has 2 aromatic carbocycles. The number of carbonyl (C=O) groups excluding carboxylic acids is 2. The van der Waals surface area contributed by atoms with E-state index >= 15 is 0 Å². The van der Waals surface area contributed by atoms with E-state index in [1.165, 1.54) is 0 Å². The molecule has 2 aromatic rings. The third-order valence-corrected chi connectivity index (χ3v) is 4.12. The van der Waals surface area contributed by atoms with Gasteiger partial charge in [-0.1, -0.05) is 12.1 Å². The fraction of sp³-hybridized carbons (Fsp3) is 0.300. The van der Waals surface area contributed by atoms with Crippen molar-refractivity contribution in [2.75, 3.05) is 25.4 Å². The van der Waals surface area contributed by atoms with E-state index in [1.54, 1.807) is 29.2 Å². The van der Waals surface area contributed by atoms with Crippen LogP contribution in [0.5, 0.6) is 0 Å². The molecule has 3 N–H and O–H groups in total. The highest BCUT2D eigenvalue weighted by Crippen LogP contribution is 2.09. The molecule has 25 heavy (non-hydrogen) atoms. The Balaban J connectivity index is 1.89. The van der Waals surface area contributed by atoms with Gasteiger partial charge in [0.1, 0.15) is 0 Å². The second-order valence-corrected chi connectivity index (χ2v) is 5.80. The molecule has 0 saturated heterocycles. The second kappa shape index (κ2) is 8.87. The van der Waals surface area contributed by atoms with E-state index in [4.69, 9.17) is 5.73 Å². The van der Waals surface area contributed by atoms with E-state index in [-0.39, 0.29) is 11.8 Å². The largest absolute Gasteiger partial charge is 0.399 e.